The highest BCUT2D eigenvalue weighted by Crippen LogP contribution is 2.16. The number of anilines is 1. The van der Waals surface area contributed by atoms with Gasteiger partial charge in [-0.15, -0.1) is 0 Å². The SMILES string of the molecule is COc1ccc(NC(=O)c2ccncc2C#CCN)cc1. The Balaban J connectivity index is 2.19. The predicted molar refractivity (Wildman–Crippen MR) is 81.1 cm³/mol. The number of hydrogen-bond donors (Lipinski definition) is 2. The number of pyridine rings is 1. The van der Waals surface area contributed by atoms with Gasteiger partial charge in [-0.3, -0.25) is 9.78 Å². The monoisotopic (exact) mass is 281 g/mol. The van der Waals surface area contributed by atoms with Gasteiger partial charge < -0.3 is 15.8 Å². The molecule has 0 radical (unpaired) electrons. The van der Waals surface area contributed by atoms with Crippen LogP contribution in [0.4, 0.5) is 5.69 Å². The number of aromatic nitrogens is 1. The number of nitrogens with zero attached hydrogens (tertiary/aromatic N) is 1. The summed E-state index contributed by atoms with van der Waals surface area (Å²) >= 11 is 0. The number of benzene rings is 1. The second-order valence-electron chi connectivity index (χ2n) is 4.11. The fraction of sp³-hybridized carbons (Fsp3) is 0.125. The Bertz CT molecular complexity index is 685. The second kappa shape index (κ2) is 7.08. The summed E-state index contributed by atoms with van der Waals surface area (Å²) in [6.07, 6.45) is 3.10. The van der Waals surface area contributed by atoms with E-state index in [0.29, 0.717) is 16.8 Å². The maximum absolute atomic E-state index is 12.3. The lowest BCUT2D eigenvalue weighted by Gasteiger charge is -2.07. The molecule has 106 valence electrons. The third-order valence-electron chi connectivity index (χ3n) is 2.74. The van der Waals surface area contributed by atoms with Crippen molar-refractivity contribution in [2.45, 2.75) is 0 Å². The molecule has 1 aromatic carbocycles. The van der Waals surface area contributed by atoms with Crippen LogP contribution in [0.3, 0.4) is 0 Å². The molecule has 0 atom stereocenters. The first-order valence-corrected chi connectivity index (χ1v) is 6.33. The van der Waals surface area contributed by atoms with Crippen LogP contribution in [0.2, 0.25) is 0 Å². The third-order valence-corrected chi connectivity index (χ3v) is 2.74. The quantitative estimate of drug-likeness (QED) is 0.839. The van der Waals surface area contributed by atoms with Crippen LogP contribution < -0.4 is 15.8 Å². The van der Waals surface area contributed by atoms with Crippen molar-refractivity contribution in [1.82, 2.24) is 4.98 Å². The van der Waals surface area contributed by atoms with Gasteiger partial charge in [-0.2, -0.15) is 0 Å². The molecule has 2 aromatic rings. The first kappa shape index (κ1) is 14.6. The van der Waals surface area contributed by atoms with Gasteiger partial charge in [0.1, 0.15) is 5.75 Å². The fourth-order valence-corrected chi connectivity index (χ4v) is 1.71. The van der Waals surface area contributed by atoms with Crippen LogP contribution in [0.15, 0.2) is 42.7 Å². The highest BCUT2D eigenvalue weighted by molar-refractivity contribution is 6.05. The van der Waals surface area contributed by atoms with Gasteiger partial charge >= 0.3 is 0 Å². The third kappa shape index (κ3) is 3.81. The summed E-state index contributed by atoms with van der Waals surface area (Å²) in [6.45, 7) is 0.231. The number of rotatable bonds is 3. The van der Waals surface area contributed by atoms with Crippen LogP contribution in [0.1, 0.15) is 15.9 Å². The van der Waals surface area contributed by atoms with Crippen LogP contribution >= 0.6 is 0 Å². The summed E-state index contributed by atoms with van der Waals surface area (Å²) in [7, 11) is 1.59. The number of hydrogen-bond acceptors (Lipinski definition) is 4. The zero-order valence-electron chi connectivity index (χ0n) is 11.6. The van der Waals surface area contributed by atoms with E-state index in [1.165, 1.54) is 0 Å². The number of carbonyl (C=O) groups excluding carboxylic acids is 1. The largest absolute Gasteiger partial charge is 0.497 e. The molecule has 1 heterocycles. The topological polar surface area (TPSA) is 77.2 Å². The molecule has 0 unspecified atom stereocenters. The lowest BCUT2D eigenvalue weighted by molar-refractivity contribution is 0.102. The van der Waals surface area contributed by atoms with Crippen molar-refractivity contribution in [2.75, 3.05) is 19.0 Å². The van der Waals surface area contributed by atoms with Gasteiger partial charge in [-0.05, 0) is 30.3 Å². The minimum absolute atomic E-state index is 0.231. The molecular formula is C16H15N3O2. The van der Waals surface area contributed by atoms with Crippen LogP contribution in [0.25, 0.3) is 0 Å². The van der Waals surface area contributed by atoms with Crippen LogP contribution in [-0.2, 0) is 0 Å². The standard InChI is InChI=1S/C16H15N3O2/c1-21-14-6-4-13(5-7-14)19-16(20)15-8-10-18-11-12(15)3-2-9-17/h4-8,10-11H,9,17H2,1H3,(H,19,20). The molecule has 0 aliphatic carbocycles. The van der Waals surface area contributed by atoms with Gasteiger partial charge in [-0.1, -0.05) is 11.8 Å². The van der Waals surface area contributed by atoms with Crippen molar-refractivity contribution >= 4 is 11.6 Å². The number of amides is 1. The summed E-state index contributed by atoms with van der Waals surface area (Å²) in [5, 5.41) is 2.81. The Morgan fingerprint density at radius 3 is 2.76 bits per heavy atom. The maximum Gasteiger partial charge on any atom is 0.257 e. The molecule has 0 bridgehead atoms. The number of methoxy groups -OCH3 is 1. The highest BCUT2D eigenvalue weighted by atomic mass is 16.5. The van der Waals surface area contributed by atoms with Crippen molar-refractivity contribution in [3.63, 3.8) is 0 Å². The van der Waals surface area contributed by atoms with Crippen molar-refractivity contribution in [2.24, 2.45) is 5.73 Å². The van der Waals surface area contributed by atoms with Gasteiger partial charge in [0.25, 0.3) is 5.91 Å². The van der Waals surface area contributed by atoms with Crippen molar-refractivity contribution in [1.29, 1.82) is 0 Å². The number of nitrogens with two attached hydrogens (primary N) is 1. The minimum atomic E-state index is -0.246. The minimum Gasteiger partial charge on any atom is -0.497 e. The molecule has 0 spiro atoms. The zero-order chi connectivity index (χ0) is 15.1. The number of nitrogens with one attached hydrogen (secondary N) is 1. The Kier molecular flexibility index (Phi) is 4.91. The highest BCUT2D eigenvalue weighted by Gasteiger charge is 2.10. The van der Waals surface area contributed by atoms with E-state index in [1.807, 2.05) is 0 Å². The summed E-state index contributed by atoms with van der Waals surface area (Å²) in [5.41, 5.74) is 7.03. The van der Waals surface area contributed by atoms with Gasteiger partial charge in [0.15, 0.2) is 0 Å². The number of carbonyl (C=O) groups is 1. The molecule has 21 heavy (non-hydrogen) atoms. The maximum atomic E-state index is 12.3. The molecule has 1 aromatic heterocycles. The van der Waals surface area contributed by atoms with Gasteiger partial charge in [0.2, 0.25) is 0 Å². The molecule has 0 saturated heterocycles. The molecule has 0 aliphatic rings. The molecule has 0 aliphatic heterocycles. The van der Waals surface area contributed by atoms with Gasteiger partial charge in [-0.25, -0.2) is 0 Å². The summed E-state index contributed by atoms with van der Waals surface area (Å²) < 4.78 is 5.07. The molecule has 2 rings (SSSR count). The van der Waals surface area contributed by atoms with E-state index in [0.717, 1.165) is 5.75 Å². The first-order valence-electron chi connectivity index (χ1n) is 6.33. The van der Waals surface area contributed by atoms with Crippen molar-refractivity contribution in [3.8, 4) is 17.6 Å². The predicted octanol–water partition coefficient (Wildman–Crippen LogP) is 1.65. The Labute approximate surface area is 123 Å². The lowest BCUT2D eigenvalue weighted by atomic mass is 10.1. The molecular weight excluding hydrogens is 266 g/mol. The molecule has 1 amide bonds. The van der Waals surface area contributed by atoms with Crippen molar-refractivity contribution < 1.29 is 9.53 Å². The van der Waals surface area contributed by atoms with E-state index in [9.17, 15) is 4.79 Å². The van der Waals surface area contributed by atoms with E-state index in [-0.39, 0.29) is 12.5 Å². The average Bonchev–Trinajstić information content (AvgIpc) is 2.54. The van der Waals surface area contributed by atoms with E-state index in [1.54, 1.807) is 49.8 Å². The zero-order valence-corrected chi connectivity index (χ0v) is 11.6. The summed E-state index contributed by atoms with van der Waals surface area (Å²) in [6, 6.07) is 8.71. The molecule has 0 saturated carbocycles. The molecule has 5 heteroatoms. The molecule has 0 fully saturated rings. The van der Waals surface area contributed by atoms with Crippen LogP contribution in [-0.4, -0.2) is 24.5 Å². The summed E-state index contributed by atoms with van der Waals surface area (Å²) in [5.74, 6) is 6.04. The Morgan fingerprint density at radius 1 is 1.33 bits per heavy atom. The first-order chi connectivity index (χ1) is 10.2. The Morgan fingerprint density at radius 2 is 2.10 bits per heavy atom. The van der Waals surface area contributed by atoms with E-state index in [4.69, 9.17) is 10.5 Å². The van der Waals surface area contributed by atoms with Crippen LogP contribution in [0.5, 0.6) is 5.75 Å². The van der Waals surface area contributed by atoms with Crippen molar-refractivity contribution in [3.05, 3.63) is 53.9 Å². The molecule has 5 nitrogen and oxygen atoms in total. The van der Waals surface area contributed by atoms with Crippen LogP contribution in [0, 0.1) is 11.8 Å². The fourth-order valence-electron chi connectivity index (χ4n) is 1.71. The average molecular weight is 281 g/mol. The number of ether oxygens (including phenoxy) is 1. The molecule has 3 N–H and O–H groups in total. The van der Waals surface area contributed by atoms with E-state index in [2.05, 4.69) is 22.1 Å². The van der Waals surface area contributed by atoms with Gasteiger partial charge in [0.05, 0.1) is 24.8 Å². The summed E-state index contributed by atoms with van der Waals surface area (Å²) in [4.78, 5) is 16.3. The normalized spacial score (nSPS) is 9.43. The second-order valence-corrected chi connectivity index (χ2v) is 4.11. The smallest absolute Gasteiger partial charge is 0.257 e. The lowest BCUT2D eigenvalue weighted by Crippen LogP contribution is -2.13. The Hall–Kier alpha value is -2.84. The van der Waals surface area contributed by atoms with Gasteiger partial charge in [0, 0.05) is 18.1 Å². The van der Waals surface area contributed by atoms with E-state index >= 15 is 0 Å². The van der Waals surface area contributed by atoms with E-state index < -0.39 is 0 Å².